The summed E-state index contributed by atoms with van der Waals surface area (Å²) in [6.45, 7) is 1.47. The molecule has 2 atom stereocenters. The van der Waals surface area contributed by atoms with Gasteiger partial charge in [-0.2, -0.15) is 0 Å². The average Bonchev–Trinajstić information content (AvgIpc) is 3.00. The number of nitrogens with zero attached hydrogens (tertiary/aromatic N) is 3. The van der Waals surface area contributed by atoms with Gasteiger partial charge in [-0.25, -0.2) is 9.78 Å². The molecule has 0 saturated carbocycles. The molecule has 2 aromatic heterocycles. The van der Waals surface area contributed by atoms with Crippen LogP contribution in [0.25, 0.3) is 11.0 Å². The second-order valence-electron chi connectivity index (χ2n) is 5.97. The monoisotopic (exact) mass is 405 g/mol. The molecular formula is C15H21Cl2N5O4. The number of amides is 1. The normalized spacial score (nSPS) is 18.9. The van der Waals surface area contributed by atoms with Crippen molar-refractivity contribution in [2.24, 2.45) is 20.0 Å². The molecule has 3 N–H and O–H groups in total. The number of aromatic nitrogens is 3. The van der Waals surface area contributed by atoms with Gasteiger partial charge >= 0.3 is 5.69 Å². The summed E-state index contributed by atoms with van der Waals surface area (Å²) in [4.78, 5) is 40.5. The topological polar surface area (TPSA) is 118 Å². The first kappa shape index (κ1) is 22.1. The van der Waals surface area contributed by atoms with Crippen molar-refractivity contribution in [3.8, 4) is 0 Å². The van der Waals surface area contributed by atoms with E-state index in [2.05, 4.69) is 15.6 Å². The molecule has 26 heavy (non-hydrogen) atoms. The maximum absolute atomic E-state index is 12.3. The van der Waals surface area contributed by atoms with Crippen molar-refractivity contribution >= 4 is 41.8 Å². The lowest BCUT2D eigenvalue weighted by Gasteiger charge is -2.14. The first-order chi connectivity index (χ1) is 11.4. The Bertz CT molecular complexity index is 927. The highest BCUT2D eigenvalue weighted by Crippen LogP contribution is 2.09. The van der Waals surface area contributed by atoms with Crippen molar-refractivity contribution in [1.82, 2.24) is 24.8 Å². The lowest BCUT2D eigenvalue weighted by molar-refractivity contribution is 0.0922. The van der Waals surface area contributed by atoms with Gasteiger partial charge in [-0.3, -0.25) is 18.7 Å². The maximum Gasteiger partial charge on any atom is 0.332 e. The fraction of sp³-hybridized carbons (Fsp3) is 0.467. The number of rotatable bonds is 3. The molecule has 0 spiro atoms. The zero-order valence-electron chi connectivity index (χ0n) is 14.3. The van der Waals surface area contributed by atoms with Gasteiger partial charge in [0.15, 0.2) is 0 Å². The van der Waals surface area contributed by atoms with E-state index in [9.17, 15) is 19.5 Å². The van der Waals surface area contributed by atoms with Crippen LogP contribution in [0.15, 0.2) is 21.7 Å². The molecule has 1 fully saturated rings. The number of halogens is 2. The Morgan fingerprint density at radius 2 is 1.96 bits per heavy atom. The summed E-state index contributed by atoms with van der Waals surface area (Å²) >= 11 is 0. The van der Waals surface area contributed by atoms with Crippen molar-refractivity contribution in [2.75, 3.05) is 19.6 Å². The van der Waals surface area contributed by atoms with Crippen LogP contribution in [0.3, 0.4) is 0 Å². The van der Waals surface area contributed by atoms with Crippen LogP contribution in [-0.2, 0) is 14.1 Å². The second kappa shape index (κ2) is 8.63. The minimum atomic E-state index is -0.502. The number of carbonyl (C=O) groups is 1. The number of hydrogen-bond donors (Lipinski definition) is 3. The maximum atomic E-state index is 12.3. The molecule has 1 aliphatic heterocycles. The second-order valence-corrected chi connectivity index (χ2v) is 5.97. The predicted molar refractivity (Wildman–Crippen MR) is 101 cm³/mol. The van der Waals surface area contributed by atoms with Crippen LogP contribution in [0.4, 0.5) is 0 Å². The third-order valence-corrected chi connectivity index (χ3v) is 4.36. The number of pyridine rings is 1. The van der Waals surface area contributed by atoms with Gasteiger partial charge in [-0.1, -0.05) is 0 Å². The smallest absolute Gasteiger partial charge is 0.332 e. The largest absolute Gasteiger partial charge is 0.391 e. The van der Waals surface area contributed by atoms with Gasteiger partial charge in [0.1, 0.15) is 11.3 Å². The molecule has 0 aliphatic carbocycles. The van der Waals surface area contributed by atoms with E-state index >= 15 is 0 Å². The van der Waals surface area contributed by atoms with E-state index < -0.39 is 23.3 Å². The number of aliphatic hydroxyl groups is 1. The van der Waals surface area contributed by atoms with Gasteiger partial charge in [0.05, 0.1) is 11.5 Å². The molecule has 3 heterocycles. The highest BCUT2D eigenvalue weighted by molar-refractivity contribution is 5.94. The minimum Gasteiger partial charge on any atom is -0.391 e. The van der Waals surface area contributed by atoms with E-state index in [4.69, 9.17) is 0 Å². The minimum absolute atomic E-state index is 0. The zero-order valence-corrected chi connectivity index (χ0v) is 15.9. The van der Waals surface area contributed by atoms with E-state index in [1.165, 1.54) is 30.8 Å². The Morgan fingerprint density at radius 1 is 1.27 bits per heavy atom. The molecule has 0 bridgehead atoms. The van der Waals surface area contributed by atoms with Gasteiger partial charge < -0.3 is 15.7 Å². The fourth-order valence-corrected chi connectivity index (χ4v) is 2.82. The standard InChI is InChI=1S/C15H19N5O4.2ClH/c1-19-12-9(14(23)20(2)15(19)24)3-4-10(18-12)13(22)17-6-8-5-16-7-11(8)21;;/h3-4,8,11,16,21H,5-7H2,1-2H3,(H,17,22);2*1H. The molecule has 1 amide bonds. The van der Waals surface area contributed by atoms with E-state index in [-0.39, 0.29) is 47.5 Å². The molecular weight excluding hydrogens is 385 g/mol. The quantitative estimate of drug-likeness (QED) is 0.589. The molecule has 2 unspecified atom stereocenters. The Hall–Kier alpha value is -1.94. The van der Waals surface area contributed by atoms with Crippen LogP contribution < -0.4 is 21.9 Å². The third kappa shape index (κ3) is 3.90. The molecule has 11 heteroatoms. The van der Waals surface area contributed by atoms with Crippen molar-refractivity contribution in [1.29, 1.82) is 0 Å². The van der Waals surface area contributed by atoms with Gasteiger partial charge in [0, 0.05) is 39.6 Å². The number of fused-ring (bicyclic) bond motifs is 1. The molecule has 3 rings (SSSR count). The van der Waals surface area contributed by atoms with E-state index in [0.717, 1.165) is 4.57 Å². The average molecular weight is 406 g/mol. The summed E-state index contributed by atoms with van der Waals surface area (Å²) in [6, 6.07) is 2.94. The lowest BCUT2D eigenvalue weighted by Crippen LogP contribution is -2.38. The number of carbonyl (C=O) groups excluding carboxylic acids is 1. The summed E-state index contributed by atoms with van der Waals surface area (Å²) < 4.78 is 2.23. The van der Waals surface area contributed by atoms with Gasteiger partial charge in [0.2, 0.25) is 0 Å². The summed E-state index contributed by atoms with van der Waals surface area (Å²) in [7, 11) is 2.89. The SMILES string of the molecule is Cl.Cl.Cn1c(=O)c2ccc(C(=O)NCC3CNCC3O)nc2n(C)c1=O. The van der Waals surface area contributed by atoms with Crippen LogP contribution in [0.5, 0.6) is 0 Å². The number of hydrogen-bond acceptors (Lipinski definition) is 6. The number of aliphatic hydroxyl groups excluding tert-OH is 1. The van der Waals surface area contributed by atoms with E-state index in [1.54, 1.807) is 0 Å². The van der Waals surface area contributed by atoms with Gasteiger partial charge in [-0.15, -0.1) is 24.8 Å². The first-order valence-electron chi connectivity index (χ1n) is 7.64. The number of β-amino-alcohol motifs (C(OH)–C–C–N with tert-alkyl or cyclic N) is 1. The summed E-state index contributed by atoms with van der Waals surface area (Å²) in [5.41, 5.74) is -0.671. The summed E-state index contributed by atoms with van der Waals surface area (Å²) in [5.74, 6) is -0.463. The van der Waals surface area contributed by atoms with Crippen LogP contribution >= 0.6 is 24.8 Å². The van der Waals surface area contributed by atoms with Crippen LogP contribution in [0.1, 0.15) is 10.5 Å². The van der Waals surface area contributed by atoms with E-state index in [0.29, 0.717) is 19.6 Å². The van der Waals surface area contributed by atoms with E-state index in [1.807, 2.05) is 0 Å². The molecule has 1 saturated heterocycles. The Morgan fingerprint density at radius 3 is 2.58 bits per heavy atom. The lowest BCUT2D eigenvalue weighted by atomic mass is 10.1. The van der Waals surface area contributed by atoms with Crippen molar-refractivity contribution < 1.29 is 9.90 Å². The highest BCUT2D eigenvalue weighted by Gasteiger charge is 2.25. The third-order valence-electron chi connectivity index (χ3n) is 4.36. The number of nitrogens with one attached hydrogen (secondary N) is 2. The first-order valence-corrected chi connectivity index (χ1v) is 7.64. The van der Waals surface area contributed by atoms with Crippen molar-refractivity contribution in [2.45, 2.75) is 6.10 Å². The van der Waals surface area contributed by atoms with Crippen LogP contribution in [-0.4, -0.2) is 50.9 Å². The molecule has 0 aromatic carbocycles. The van der Waals surface area contributed by atoms with Crippen molar-refractivity contribution in [3.05, 3.63) is 38.7 Å². The van der Waals surface area contributed by atoms with Crippen molar-refractivity contribution in [3.63, 3.8) is 0 Å². The molecule has 0 radical (unpaired) electrons. The Kier molecular flexibility index (Phi) is 7.34. The molecule has 2 aromatic rings. The summed E-state index contributed by atoms with van der Waals surface area (Å²) in [6.07, 6.45) is -0.487. The van der Waals surface area contributed by atoms with Gasteiger partial charge in [0.25, 0.3) is 11.5 Å². The highest BCUT2D eigenvalue weighted by atomic mass is 35.5. The van der Waals surface area contributed by atoms with Gasteiger partial charge in [-0.05, 0) is 12.1 Å². The predicted octanol–water partition coefficient (Wildman–Crippen LogP) is -1.21. The molecule has 144 valence electrons. The van der Waals surface area contributed by atoms with Crippen LogP contribution in [0.2, 0.25) is 0 Å². The Labute approximate surface area is 161 Å². The fourth-order valence-electron chi connectivity index (χ4n) is 2.82. The Balaban J connectivity index is 0.00000169. The van der Waals surface area contributed by atoms with Crippen LogP contribution in [0, 0.1) is 5.92 Å². The number of aryl methyl sites for hydroxylation is 1. The molecule has 9 nitrogen and oxygen atoms in total. The summed E-state index contributed by atoms with van der Waals surface area (Å²) in [5, 5.41) is 15.8. The molecule has 1 aliphatic rings. The zero-order chi connectivity index (χ0) is 17.4.